The second kappa shape index (κ2) is 13.2. The molecule has 3 heterocycles. The van der Waals surface area contributed by atoms with E-state index in [1.165, 1.54) is 12.4 Å². The van der Waals surface area contributed by atoms with Crippen LogP contribution in [0.15, 0.2) is 55.5 Å². The molecular formula is C32H33F2N9. The average molecular weight is 582 g/mol. The van der Waals surface area contributed by atoms with Crippen molar-refractivity contribution in [1.82, 2.24) is 25.0 Å². The minimum absolute atomic E-state index is 0.0870. The lowest BCUT2D eigenvalue weighted by Crippen LogP contribution is -2.20. The molecule has 0 amide bonds. The molecular weight excluding hydrogens is 548 g/mol. The number of aromatic nitrogens is 5. The van der Waals surface area contributed by atoms with Gasteiger partial charge in [-0.15, -0.1) is 5.10 Å². The van der Waals surface area contributed by atoms with Crippen LogP contribution < -0.4 is 10.6 Å². The Labute approximate surface area is 249 Å². The van der Waals surface area contributed by atoms with Crippen LogP contribution in [-0.4, -0.2) is 44.9 Å². The summed E-state index contributed by atoms with van der Waals surface area (Å²) < 4.78 is 28.1. The highest BCUT2D eigenvalue weighted by Gasteiger charge is 2.25. The summed E-state index contributed by atoms with van der Waals surface area (Å²) in [5.74, 6) is 0. The number of alkyl halides is 2. The van der Waals surface area contributed by atoms with Gasteiger partial charge in [-0.25, -0.2) is 13.5 Å². The number of nitrogens with one attached hydrogen (secondary N) is 2. The summed E-state index contributed by atoms with van der Waals surface area (Å²) in [6.07, 6.45) is 8.33. The lowest BCUT2D eigenvalue weighted by molar-refractivity contribution is 0.269. The van der Waals surface area contributed by atoms with Crippen LogP contribution in [0.4, 0.5) is 20.2 Å². The quantitative estimate of drug-likeness (QED) is 0.198. The van der Waals surface area contributed by atoms with Gasteiger partial charge in [0, 0.05) is 35.6 Å². The predicted molar refractivity (Wildman–Crippen MR) is 164 cm³/mol. The summed E-state index contributed by atoms with van der Waals surface area (Å²) in [6.45, 7) is 11.1. The standard InChI is InChI=1S/C32H33F2N9/c1-6-8-27-25(9-7-10-37-27)20(2)29(28-18-43(42-41-28)24(13-33)14-34)40-23-11-21(15-35)30-26(12-23)31(22(16-36)17-38-30)39-19-32(3,4)5/h6-12,17-18,24,29,40H,2,13-14,19H2,1,3-5H3,(H,38,39)/b8-6-/t29-/m0/s1. The van der Waals surface area contributed by atoms with Crippen LogP contribution in [0.3, 0.4) is 0 Å². The molecule has 0 fully saturated rings. The highest BCUT2D eigenvalue weighted by molar-refractivity contribution is 5.99. The van der Waals surface area contributed by atoms with E-state index >= 15 is 0 Å². The molecule has 1 atom stereocenters. The summed E-state index contributed by atoms with van der Waals surface area (Å²) in [4.78, 5) is 8.89. The minimum Gasteiger partial charge on any atom is -0.383 e. The molecule has 4 aromatic rings. The molecule has 0 radical (unpaired) electrons. The predicted octanol–water partition coefficient (Wildman–Crippen LogP) is 6.80. The van der Waals surface area contributed by atoms with E-state index in [0.29, 0.717) is 56.9 Å². The van der Waals surface area contributed by atoms with Crippen molar-refractivity contribution >= 4 is 33.9 Å². The van der Waals surface area contributed by atoms with Crippen LogP contribution in [0.1, 0.15) is 67.9 Å². The van der Waals surface area contributed by atoms with E-state index < -0.39 is 25.4 Å². The monoisotopic (exact) mass is 581 g/mol. The van der Waals surface area contributed by atoms with Crippen LogP contribution in [0.25, 0.3) is 22.6 Å². The molecule has 9 nitrogen and oxygen atoms in total. The molecule has 0 aliphatic heterocycles. The maximum Gasteiger partial charge on any atom is 0.114 e. The van der Waals surface area contributed by atoms with Crippen LogP contribution in [0, 0.1) is 28.1 Å². The van der Waals surface area contributed by atoms with Crippen molar-refractivity contribution in [2.24, 2.45) is 5.41 Å². The summed E-state index contributed by atoms with van der Waals surface area (Å²) in [5.41, 5.74) is 4.41. The molecule has 3 aromatic heterocycles. The van der Waals surface area contributed by atoms with Gasteiger partial charge in [-0.1, -0.05) is 44.7 Å². The number of anilines is 2. The van der Waals surface area contributed by atoms with E-state index in [9.17, 15) is 19.3 Å². The minimum atomic E-state index is -1.11. The lowest BCUT2D eigenvalue weighted by Gasteiger charge is -2.23. The third kappa shape index (κ3) is 6.84. The number of nitriles is 2. The Balaban J connectivity index is 1.88. The summed E-state index contributed by atoms with van der Waals surface area (Å²) >= 11 is 0. The molecule has 2 N–H and O–H groups in total. The molecule has 0 saturated heterocycles. The molecule has 0 unspecified atom stereocenters. The fourth-order valence-corrected chi connectivity index (χ4v) is 4.53. The molecule has 11 heteroatoms. The van der Waals surface area contributed by atoms with E-state index in [1.807, 2.05) is 31.2 Å². The Bertz CT molecular complexity index is 1730. The van der Waals surface area contributed by atoms with Gasteiger partial charge >= 0.3 is 0 Å². The highest BCUT2D eigenvalue weighted by Crippen LogP contribution is 2.36. The van der Waals surface area contributed by atoms with E-state index in [0.717, 1.165) is 10.2 Å². The molecule has 43 heavy (non-hydrogen) atoms. The van der Waals surface area contributed by atoms with Crippen LogP contribution in [0.5, 0.6) is 0 Å². The topological polar surface area (TPSA) is 128 Å². The fourth-order valence-electron chi connectivity index (χ4n) is 4.53. The molecule has 1 aromatic carbocycles. The number of hydrogen-bond acceptors (Lipinski definition) is 8. The van der Waals surface area contributed by atoms with Crippen molar-refractivity contribution in [2.75, 3.05) is 30.5 Å². The maximum atomic E-state index is 13.5. The molecule has 0 aliphatic rings. The number of halogens is 2. The second-order valence-corrected chi connectivity index (χ2v) is 11.2. The summed E-state index contributed by atoms with van der Waals surface area (Å²) in [5, 5.41) is 35.5. The van der Waals surface area contributed by atoms with Gasteiger partial charge in [-0.05, 0) is 42.2 Å². The molecule has 0 spiro atoms. The van der Waals surface area contributed by atoms with Gasteiger partial charge in [0.05, 0.1) is 40.3 Å². The van der Waals surface area contributed by atoms with Gasteiger partial charge in [0.2, 0.25) is 0 Å². The van der Waals surface area contributed by atoms with E-state index in [2.05, 4.69) is 70.4 Å². The number of pyridine rings is 2. The zero-order valence-electron chi connectivity index (χ0n) is 24.6. The second-order valence-electron chi connectivity index (χ2n) is 11.2. The average Bonchev–Trinajstić information content (AvgIpc) is 3.48. The van der Waals surface area contributed by atoms with Crippen LogP contribution in [-0.2, 0) is 0 Å². The largest absolute Gasteiger partial charge is 0.383 e. The molecule has 0 aliphatic carbocycles. The SMILES string of the molecule is C=C(c1cccnc1/C=C\C)[C@H](Nc1cc(C#N)c2ncc(C#N)c(NCC(C)(C)C)c2c1)c1cn(C(CF)CF)nn1. The van der Waals surface area contributed by atoms with E-state index in [4.69, 9.17) is 0 Å². The third-order valence-electron chi connectivity index (χ3n) is 6.73. The number of fused-ring (bicyclic) bond motifs is 1. The number of nitrogens with zero attached hydrogens (tertiary/aromatic N) is 7. The number of benzene rings is 1. The molecule has 0 bridgehead atoms. The third-order valence-corrected chi connectivity index (χ3v) is 6.73. The van der Waals surface area contributed by atoms with E-state index in [-0.39, 0.29) is 5.41 Å². The Morgan fingerprint density at radius 3 is 2.53 bits per heavy atom. The first-order valence-corrected chi connectivity index (χ1v) is 13.7. The van der Waals surface area contributed by atoms with Crippen LogP contribution in [0.2, 0.25) is 0 Å². The maximum absolute atomic E-state index is 13.5. The summed E-state index contributed by atoms with van der Waals surface area (Å²) in [6, 6.07) is 9.68. The molecule has 4 rings (SSSR count). The van der Waals surface area contributed by atoms with Crippen molar-refractivity contribution < 1.29 is 8.78 Å². The highest BCUT2D eigenvalue weighted by atomic mass is 19.1. The Kier molecular flexibility index (Phi) is 9.46. The lowest BCUT2D eigenvalue weighted by atomic mass is 9.95. The van der Waals surface area contributed by atoms with Crippen molar-refractivity contribution in [3.63, 3.8) is 0 Å². The van der Waals surface area contributed by atoms with Crippen molar-refractivity contribution in [3.05, 3.63) is 83.6 Å². The summed E-state index contributed by atoms with van der Waals surface area (Å²) in [7, 11) is 0. The van der Waals surface area contributed by atoms with Gasteiger partial charge in [0.25, 0.3) is 0 Å². The van der Waals surface area contributed by atoms with E-state index in [1.54, 1.807) is 18.3 Å². The van der Waals surface area contributed by atoms with Gasteiger partial charge in [-0.2, -0.15) is 10.5 Å². The zero-order chi connectivity index (χ0) is 31.1. The van der Waals surface area contributed by atoms with Gasteiger partial charge in [-0.3, -0.25) is 9.97 Å². The number of allylic oxidation sites excluding steroid dienone is 1. The molecule has 0 saturated carbocycles. The normalized spacial score (nSPS) is 12.3. The smallest absolute Gasteiger partial charge is 0.114 e. The van der Waals surface area contributed by atoms with Gasteiger partial charge < -0.3 is 10.6 Å². The number of hydrogen-bond donors (Lipinski definition) is 2. The van der Waals surface area contributed by atoms with Crippen LogP contribution >= 0.6 is 0 Å². The van der Waals surface area contributed by atoms with Gasteiger partial charge in [0.1, 0.15) is 37.2 Å². The van der Waals surface area contributed by atoms with Crippen molar-refractivity contribution in [1.29, 1.82) is 10.5 Å². The molecule has 220 valence electrons. The first-order chi connectivity index (χ1) is 20.6. The Hall–Kier alpha value is -5.16. The first kappa shape index (κ1) is 30.8. The zero-order valence-corrected chi connectivity index (χ0v) is 24.6. The fraction of sp³-hybridized carbons (Fsp3) is 0.312. The van der Waals surface area contributed by atoms with Crippen molar-refractivity contribution in [3.8, 4) is 12.1 Å². The number of rotatable bonds is 11. The first-order valence-electron chi connectivity index (χ1n) is 13.7. The Morgan fingerprint density at radius 1 is 1.14 bits per heavy atom. The van der Waals surface area contributed by atoms with Crippen molar-refractivity contribution in [2.45, 2.75) is 39.8 Å². The Morgan fingerprint density at radius 2 is 1.88 bits per heavy atom. The van der Waals surface area contributed by atoms with Gasteiger partial charge in [0.15, 0.2) is 0 Å².